The predicted molar refractivity (Wildman–Crippen MR) is 97.6 cm³/mol. The van der Waals surface area contributed by atoms with Crippen molar-refractivity contribution in [1.29, 1.82) is 5.26 Å². The van der Waals surface area contributed by atoms with E-state index in [0.717, 1.165) is 0 Å². The maximum Gasteiger partial charge on any atom is 0.280 e. The first-order chi connectivity index (χ1) is 12.1. The van der Waals surface area contributed by atoms with Gasteiger partial charge >= 0.3 is 0 Å². The number of anilines is 1. The molecule has 6 heteroatoms. The summed E-state index contributed by atoms with van der Waals surface area (Å²) in [6, 6.07) is 16.1. The van der Waals surface area contributed by atoms with Gasteiger partial charge in [-0.25, -0.2) is 0 Å². The van der Waals surface area contributed by atoms with Gasteiger partial charge in [-0.2, -0.15) is 15.4 Å². The molecule has 1 heterocycles. The number of carbonyl (C=O) groups excluding carboxylic acids is 1. The van der Waals surface area contributed by atoms with Gasteiger partial charge < -0.3 is 4.74 Å². The van der Waals surface area contributed by atoms with Gasteiger partial charge in [0.05, 0.1) is 17.0 Å². The van der Waals surface area contributed by atoms with Crippen LogP contribution in [-0.4, -0.2) is 18.2 Å². The second kappa shape index (κ2) is 7.20. The molecule has 5 nitrogen and oxygen atoms in total. The smallest absolute Gasteiger partial charge is 0.280 e. The zero-order chi connectivity index (χ0) is 17.8. The van der Waals surface area contributed by atoms with Crippen molar-refractivity contribution >= 4 is 35.0 Å². The molecule has 0 saturated carbocycles. The second-order valence-corrected chi connectivity index (χ2v) is 5.76. The van der Waals surface area contributed by atoms with Crippen molar-refractivity contribution in [3.05, 3.63) is 64.7 Å². The van der Waals surface area contributed by atoms with Gasteiger partial charge in [0.2, 0.25) is 0 Å². The van der Waals surface area contributed by atoms with Gasteiger partial charge in [0.25, 0.3) is 5.91 Å². The zero-order valence-electron chi connectivity index (χ0n) is 13.4. The Morgan fingerprint density at radius 2 is 1.96 bits per heavy atom. The number of nitrogens with zero attached hydrogens (tertiary/aromatic N) is 3. The van der Waals surface area contributed by atoms with Gasteiger partial charge in [-0.1, -0.05) is 29.8 Å². The summed E-state index contributed by atoms with van der Waals surface area (Å²) in [5.41, 5.74) is 2.44. The van der Waals surface area contributed by atoms with E-state index in [1.807, 2.05) is 24.3 Å². The number of benzene rings is 2. The van der Waals surface area contributed by atoms with Gasteiger partial charge in [0.1, 0.15) is 11.8 Å². The van der Waals surface area contributed by atoms with Crippen molar-refractivity contribution < 1.29 is 9.53 Å². The third-order valence-electron chi connectivity index (χ3n) is 3.64. The molecule has 0 bridgehead atoms. The number of nitriles is 1. The van der Waals surface area contributed by atoms with Crippen LogP contribution < -0.4 is 9.75 Å². The lowest BCUT2D eigenvalue weighted by molar-refractivity contribution is -0.114. The molecule has 2 aromatic carbocycles. The molecule has 0 saturated heterocycles. The Morgan fingerprint density at radius 1 is 1.24 bits per heavy atom. The number of para-hydroxylation sites is 1. The van der Waals surface area contributed by atoms with Crippen LogP contribution in [0.5, 0.6) is 5.75 Å². The molecule has 124 valence electrons. The van der Waals surface area contributed by atoms with Crippen molar-refractivity contribution in [3.8, 4) is 11.8 Å². The van der Waals surface area contributed by atoms with E-state index in [9.17, 15) is 4.79 Å². The van der Waals surface area contributed by atoms with E-state index < -0.39 is 0 Å². The van der Waals surface area contributed by atoms with Crippen molar-refractivity contribution in [2.24, 2.45) is 5.10 Å². The minimum absolute atomic E-state index is 0.0574. The molecule has 3 rings (SSSR count). The summed E-state index contributed by atoms with van der Waals surface area (Å²) in [7, 11) is 0. The first-order valence-corrected chi connectivity index (χ1v) is 7.94. The molecule has 25 heavy (non-hydrogen) atoms. The average molecular weight is 352 g/mol. The number of hydrogen-bond acceptors (Lipinski definition) is 4. The molecule has 0 spiro atoms. The maximum atomic E-state index is 12.7. The van der Waals surface area contributed by atoms with E-state index in [4.69, 9.17) is 21.6 Å². The SMILES string of the molecule is CC1=NN(c2ccc(Cl)cc2)C(=O)/C1=C/c1ccccc1OCC#N. The monoisotopic (exact) mass is 351 g/mol. The Hall–Kier alpha value is -3.10. The van der Waals surface area contributed by atoms with E-state index in [2.05, 4.69) is 5.10 Å². The Kier molecular flexibility index (Phi) is 4.82. The van der Waals surface area contributed by atoms with E-state index in [0.29, 0.717) is 33.3 Å². The van der Waals surface area contributed by atoms with Gasteiger partial charge in [-0.05, 0) is 43.3 Å². The van der Waals surface area contributed by atoms with Crippen LogP contribution in [0.4, 0.5) is 5.69 Å². The maximum absolute atomic E-state index is 12.7. The summed E-state index contributed by atoms with van der Waals surface area (Å²) in [5.74, 6) is 0.317. The molecular weight excluding hydrogens is 338 g/mol. The standard InChI is InChI=1S/C19H14ClN3O2/c1-13-17(12-14-4-2-3-5-18(14)25-11-10-21)19(24)23(22-13)16-8-6-15(20)7-9-16/h2-9,12H,11H2,1H3/b17-12+. The zero-order valence-corrected chi connectivity index (χ0v) is 14.2. The highest BCUT2D eigenvalue weighted by molar-refractivity contribution is 6.32. The summed E-state index contributed by atoms with van der Waals surface area (Å²) >= 11 is 5.89. The molecule has 0 aliphatic carbocycles. The topological polar surface area (TPSA) is 65.7 Å². The van der Waals surface area contributed by atoms with Crippen molar-refractivity contribution in [2.75, 3.05) is 11.6 Å². The van der Waals surface area contributed by atoms with Crippen LogP contribution in [0.3, 0.4) is 0 Å². The summed E-state index contributed by atoms with van der Waals surface area (Å²) in [6.45, 7) is 1.72. The summed E-state index contributed by atoms with van der Waals surface area (Å²) in [4.78, 5) is 12.7. The summed E-state index contributed by atoms with van der Waals surface area (Å²) < 4.78 is 5.41. The van der Waals surface area contributed by atoms with E-state index in [-0.39, 0.29) is 12.5 Å². The predicted octanol–water partition coefficient (Wildman–Crippen LogP) is 4.05. The third kappa shape index (κ3) is 3.54. The second-order valence-electron chi connectivity index (χ2n) is 5.32. The van der Waals surface area contributed by atoms with Crippen LogP contribution in [0.1, 0.15) is 12.5 Å². The van der Waals surface area contributed by atoms with E-state index in [1.165, 1.54) is 5.01 Å². The lowest BCUT2D eigenvalue weighted by atomic mass is 10.1. The average Bonchev–Trinajstić information content (AvgIpc) is 2.90. The van der Waals surface area contributed by atoms with Crippen LogP contribution >= 0.6 is 11.6 Å². The van der Waals surface area contributed by atoms with Gasteiger partial charge in [-0.3, -0.25) is 4.79 Å². The Morgan fingerprint density at radius 3 is 2.68 bits per heavy atom. The highest BCUT2D eigenvalue weighted by atomic mass is 35.5. The van der Waals surface area contributed by atoms with Crippen LogP contribution in [0, 0.1) is 11.3 Å². The Bertz CT molecular complexity index is 911. The highest BCUT2D eigenvalue weighted by Crippen LogP contribution is 2.28. The fourth-order valence-corrected chi connectivity index (χ4v) is 2.56. The summed E-state index contributed by atoms with van der Waals surface area (Å²) in [6.07, 6.45) is 1.73. The van der Waals surface area contributed by atoms with Crippen LogP contribution in [0.2, 0.25) is 5.02 Å². The van der Waals surface area contributed by atoms with Crippen molar-refractivity contribution in [2.45, 2.75) is 6.92 Å². The molecule has 0 radical (unpaired) electrons. The number of hydrogen-bond donors (Lipinski definition) is 0. The molecule has 1 amide bonds. The molecule has 0 N–H and O–H groups in total. The largest absolute Gasteiger partial charge is 0.478 e. The normalized spacial score (nSPS) is 15.2. The van der Waals surface area contributed by atoms with Gasteiger partial charge in [-0.15, -0.1) is 0 Å². The number of hydrazone groups is 1. The minimum atomic E-state index is -0.227. The molecule has 0 atom stereocenters. The number of halogens is 1. The molecule has 0 fully saturated rings. The van der Waals surface area contributed by atoms with Crippen LogP contribution in [0.15, 0.2) is 59.2 Å². The minimum Gasteiger partial charge on any atom is -0.478 e. The summed E-state index contributed by atoms with van der Waals surface area (Å²) in [5, 5.41) is 15.0. The molecule has 2 aromatic rings. The number of amides is 1. The Labute approximate surface area is 150 Å². The number of ether oxygens (including phenoxy) is 1. The van der Waals surface area contributed by atoms with Gasteiger partial charge in [0, 0.05) is 10.6 Å². The van der Waals surface area contributed by atoms with Crippen molar-refractivity contribution in [1.82, 2.24) is 0 Å². The quantitative estimate of drug-likeness (QED) is 0.780. The van der Waals surface area contributed by atoms with Crippen LogP contribution in [0.25, 0.3) is 6.08 Å². The Balaban J connectivity index is 1.93. The van der Waals surface area contributed by atoms with Gasteiger partial charge in [0.15, 0.2) is 6.61 Å². The molecule has 0 unspecified atom stereocenters. The van der Waals surface area contributed by atoms with Crippen molar-refractivity contribution in [3.63, 3.8) is 0 Å². The molecule has 1 aliphatic rings. The fourth-order valence-electron chi connectivity index (χ4n) is 2.44. The first-order valence-electron chi connectivity index (χ1n) is 7.56. The van der Waals surface area contributed by atoms with E-state index in [1.54, 1.807) is 43.3 Å². The third-order valence-corrected chi connectivity index (χ3v) is 3.90. The number of carbonyl (C=O) groups is 1. The fraction of sp³-hybridized carbons (Fsp3) is 0.105. The molecule has 0 aromatic heterocycles. The lowest BCUT2D eigenvalue weighted by Crippen LogP contribution is -2.21. The first kappa shape index (κ1) is 16.7. The highest BCUT2D eigenvalue weighted by Gasteiger charge is 2.28. The number of rotatable bonds is 4. The molecule has 1 aliphatic heterocycles. The lowest BCUT2D eigenvalue weighted by Gasteiger charge is -2.11. The molecular formula is C19H14ClN3O2. The van der Waals surface area contributed by atoms with Crippen LogP contribution in [-0.2, 0) is 4.79 Å². The van der Waals surface area contributed by atoms with E-state index >= 15 is 0 Å².